The number of aliphatic hydroxyl groups excluding tert-OH is 1. The van der Waals surface area contributed by atoms with Crippen LogP contribution in [-0.4, -0.2) is 28.6 Å². The topological polar surface area (TPSA) is 62.2 Å². The third kappa shape index (κ3) is 3.02. The zero-order chi connectivity index (χ0) is 13.2. The number of thiophene rings is 1. The molecule has 0 aliphatic heterocycles. The van der Waals surface area contributed by atoms with E-state index in [4.69, 9.17) is 0 Å². The van der Waals surface area contributed by atoms with Gasteiger partial charge in [0.2, 0.25) is 0 Å². The van der Waals surface area contributed by atoms with Gasteiger partial charge in [-0.2, -0.15) is 11.3 Å². The highest BCUT2D eigenvalue weighted by Crippen LogP contribution is 2.32. The van der Waals surface area contributed by atoms with Gasteiger partial charge < -0.3 is 10.4 Å². The molecule has 1 aliphatic carbocycles. The second-order valence-corrected chi connectivity index (χ2v) is 6.30. The molecule has 2 aromatic heterocycles. The number of carbonyl (C=O) groups is 1. The van der Waals surface area contributed by atoms with Crippen LogP contribution < -0.4 is 5.32 Å². The number of amides is 1. The molecule has 2 aromatic rings. The van der Waals surface area contributed by atoms with Gasteiger partial charge in [0.15, 0.2) is 0 Å². The molecule has 1 amide bonds. The standard InChI is InChI=1S/C13H14N2O2S2/c16-11(8-1-2-8)5-14-12(17)10-7-19-13(15-10)9-3-4-18-6-9/h3-4,6-8,11,16H,1-2,5H2,(H,14,17). The summed E-state index contributed by atoms with van der Waals surface area (Å²) in [5.41, 5.74) is 1.47. The van der Waals surface area contributed by atoms with Gasteiger partial charge in [-0.1, -0.05) is 0 Å². The predicted molar refractivity (Wildman–Crippen MR) is 76.5 cm³/mol. The molecule has 6 heteroatoms. The third-order valence-corrected chi connectivity index (χ3v) is 4.72. The molecular formula is C13H14N2O2S2. The van der Waals surface area contributed by atoms with Crippen LogP contribution >= 0.6 is 22.7 Å². The first-order valence-corrected chi connectivity index (χ1v) is 8.00. The number of hydrogen-bond acceptors (Lipinski definition) is 5. The van der Waals surface area contributed by atoms with Crippen molar-refractivity contribution in [3.05, 3.63) is 27.9 Å². The summed E-state index contributed by atoms with van der Waals surface area (Å²) in [5, 5.41) is 19.1. The molecule has 1 fully saturated rings. The molecule has 2 heterocycles. The van der Waals surface area contributed by atoms with Crippen LogP contribution in [0.1, 0.15) is 23.3 Å². The highest BCUT2D eigenvalue weighted by atomic mass is 32.1. The summed E-state index contributed by atoms with van der Waals surface area (Å²) in [6.45, 7) is 0.314. The number of carbonyl (C=O) groups excluding carboxylic acids is 1. The van der Waals surface area contributed by atoms with Gasteiger partial charge in [-0.3, -0.25) is 4.79 Å². The quantitative estimate of drug-likeness (QED) is 0.890. The van der Waals surface area contributed by atoms with Crippen molar-refractivity contribution in [2.75, 3.05) is 6.54 Å². The van der Waals surface area contributed by atoms with Crippen LogP contribution in [0.25, 0.3) is 10.6 Å². The normalized spacial score (nSPS) is 16.3. The van der Waals surface area contributed by atoms with E-state index in [-0.39, 0.29) is 5.91 Å². The molecule has 3 rings (SSSR count). The van der Waals surface area contributed by atoms with E-state index < -0.39 is 6.10 Å². The van der Waals surface area contributed by atoms with E-state index in [1.54, 1.807) is 16.7 Å². The average Bonchev–Trinajstić information content (AvgIpc) is 2.94. The summed E-state index contributed by atoms with van der Waals surface area (Å²) in [6.07, 6.45) is 1.71. The Hall–Kier alpha value is -1.24. The van der Waals surface area contributed by atoms with Gasteiger partial charge in [-0.25, -0.2) is 4.98 Å². The zero-order valence-corrected chi connectivity index (χ0v) is 11.8. The van der Waals surface area contributed by atoms with Crippen molar-refractivity contribution in [3.8, 4) is 10.6 Å². The maximum Gasteiger partial charge on any atom is 0.270 e. The van der Waals surface area contributed by atoms with Gasteiger partial charge in [0.1, 0.15) is 10.7 Å². The summed E-state index contributed by atoms with van der Waals surface area (Å²) in [7, 11) is 0. The van der Waals surface area contributed by atoms with Crippen molar-refractivity contribution in [2.24, 2.45) is 5.92 Å². The van der Waals surface area contributed by atoms with Crippen LogP contribution in [0.3, 0.4) is 0 Å². The smallest absolute Gasteiger partial charge is 0.270 e. The molecule has 0 aromatic carbocycles. The van der Waals surface area contributed by atoms with Crippen LogP contribution in [0.2, 0.25) is 0 Å². The molecule has 1 unspecified atom stereocenters. The molecule has 1 aliphatic rings. The third-order valence-electron chi connectivity index (χ3n) is 3.14. The summed E-state index contributed by atoms with van der Waals surface area (Å²) in [6, 6.07) is 1.99. The lowest BCUT2D eigenvalue weighted by Crippen LogP contribution is -2.33. The molecule has 0 bridgehead atoms. The number of aromatic nitrogens is 1. The van der Waals surface area contributed by atoms with Crippen LogP contribution in [0.5, 0.6) is 0 Å². The summed E-state index contributed by atoms with van der Waals surface area (Å²) >= 11 is 3.07. The molecule has 100 valence electrons. The maximum absolute atomic E-state index is 11.9. The molecule has 2 N–H and O–H groups in total. The number of rotatable bonds is 5. The van der Waals surface area contributed by atoms with Crippen molar-refractivity contribution < 1.29 is 9.90 Å². The first-order chi connectivity index (χ1) is 9.24. The minimum atomic E-state index is -0.418. The van der Waals surface area contributed by atoms with Crippen molar-refractivity contribution in [1.29, 1.82) is 0 Å². The minimum absolute atomic E-state index is 0.211. The van der Waals surface area contributed by atoms with E-state index in [0.717, 1.165) is 23.4 Å². The molecule has 0 saturated heterocycles. The molecule has 19 heavy (non-hydrogen) atoms. The Balaban J connectivity index is 1.60. The maximum atomic E-state index is 11.9. The van der Waals surface area contributed by atoms with Gasteiger partial charge in [-0.15, -0.1) is 11.3 Å². The Morgan fingerprint density at radius 1 is 1.53 bits per heavy atom. The summed E-state index contributed by atoms with van der Waals surface area (Å²) < 4.78 is 0. The predicted octanol–water partition coefficient (Wildman–Crippen LogP) is 2.37. The highest BCUT2D eigenvalue weighted by Gasteiger charge is 2.29. The summed E-state index contributed by atoms with van der Waals surface area (Å²) in [4.78, 5) is 16.2. The molecule has 4 nitrogen and oxygen atoms in total. The van der Waals surface area contributed by atoms with E-state index >= 15 is 0 Å². The van der Waals surface area contributed by atoms with E-state index in [9.17, 15) is 9.90 Å². The minimum Gasteiger partial charge on any atom is -0.391 e. The Kier molecular flexibility index (Phi) is 3.63. The van der Waals surface area contributed by atoms with Crippen LogP contribution in [0.15, 0.2) is 22.2 Å². The Morgan fingerprint density at radius 2 is 2.37 bits per heavy atom. The number of thiazole rings is 1. The average molecular weight is 294 g/mol. The molecule has 1 atom stereocenters. The molecule has 0 radical (unpaired) electrons. The Morgan fingerprint density at radius 3 is 3.05 bits per heavy atom. The fourth-order valence-corrected chi connectivity index (χ4v) is 3.34. The van der Waals surface area contributed by atoms with Gasteiger partial charge in [0, 0.05) is 22.9 Å². The second kappa shape index (κ2) is 5.40. The Bertz CT molecular complexity index is 561. The van der Waals surface area contributed by atoms with Crippen molar-refractivity contribution in [1.82, 2.24) is 10.3 Å². The SMILES string of the molecule is O=C(NCC(O)C1CC1)c1csc(-c2ccsc2)n1. The first kappa shape index (κ1) is 12.8. The van der Waals surface area contributed by atoms with Crippen LogP contribution in [0.4, 0.5) is 0 Å². The highest BCUT2D eigenvalue weighted by molar-refractivity contribution is 7.14. The van der Waals surface area contributed by atoms with Crippen LogP contribution in [-0.2, 0) is 0 Å². The van der Waals surface area contributed by atoms with Crippen molar-refractivity contribution in [2.45, 2.75) is 18.9 Å². The van der Waals surface area contributed by atoms with Gasteiger partial charge >= 0.3 is 0 Å². The monoisotopic (exact) mass is 294 g/mol. The lowest BCUT2D eigenvalue weighted by atomic mass is 10.2. The fourth-order valence-electron chi connectivity index (χ4n) is 1.83. The molecular weight excluding hydrogens is 280 g/mol. The summed E-state index contributed by atoms with van der Waals surface area (Å²) in [5.74, 6) is 0.162. The van der Waals surface area contributed by atoms with Crippen LogP contribution in [0, 0.1) is 5.92 Å². The van der Waals surface area contributed by atoms with E-state index in [2.05, 4.69) is 10.3 Å². The van der Waals surface area contributed by atoms with Crippen molar-refractivity contribution in [3.63, 3.8) is 0 Å². The van der Waals surface area contributed by atoms with Gasteiger partial charge in [0.25, 0.3) is 5.91 Å². The zero-order valence-electron chi connectivity index (χ0n) is 10.2. The van der Waals surface area contributed by atoms with E-state index in [0.29, 0.717) is 18.2 Å². The van der Waals surface area contributed by atoms with Gasteiger partial charge in [0.05, 0.1) is 6.10 Å². The number of nitrogens with one attached hydrogen (secondary N) is 1. The van der Waals surface area contributed by atoms with Gasteiger partial charge in [-0.05, 0) is 30.2 Å². The van der Waals surface area contributed by atoms with E-state index in [1.165, 1.54) is 11.3 Å². The Labute approximate surface area is 119 Å². The lowest BCUT2D eigenvalue weighted by Gasteiger charge is -2.09. The molecule has 0 spiro atoms. The van der Waals surface area contributed by atoms with Crippen molar-refractivity contribution >= 4 is 28.6 Å². The fraction of sp³-hybridized carbons (Fsp3) is 0.385. The first-order valence-electron chi connectivity index (χ1n) is 6.18. The second-order valence-electron chi connectivity index (χ2n) is 4.66. The lowest BCUT2D eigenvalue weighted by molar-refractivity contribution is 0.0897. The number of aliphatic hydroxyl groups is 1. The number of hydrogen-bond donors (Lipinski definition) is 2. The number of nitrogens with zero attached hydrogens (tertiary/aromatic N) is 1. The van der Waals surface area contributed by atoms with E-state index in [1.807, 2.05) is 16.8 Å². The molecule has 1 saturated carbocycles. The largest absolute Gasteiger partial charge is 0.391 e.